The summed E-state index contributed by atoms with van der Waals surface area (Å²) >= 11 is 6.00. The van der Waals surface area contributed by atoms with Crippen molar-refractivity contribution in [1.82, 2.24) is 4.90 Å². The lowest BCUT2D eigenvalue weighted by Gasteiger charge is -2.30. The number of halogens is 1. The second kappa shape index (κ2) is 9.37. The van der Waals surface area contributed by atoms with Gasteiger partial charge in [-0.3, -0.25) is 0 Å². The minimum Gasteiger partial charge on any atom is -0.493 e. The topological polar surface area (TPSA) is 94.2 Å². The minimum absolute atomic E-state index is 0.0745. The average molecular weight is 438 g/mol. The van der Waals surface area contributed by atoms with E-state index in [4.69, 9.17) is 26.4 Å². The number of ether oxygens (including phenoxy) is 1. The van der Waals surface area contributed by atoms with Crippen molar-refractivity contribution in [2.24, 2.45) is 16.9 Å². The summed E-state index contributed by atoms with van der Waals surface area (Å²) < 4.78 is 36.4. The van der Waals surface area contributed by atoms with Gasteiger partial charge in [-0.25, -0.2) is 0 Å². The third kappa shape index (κ3) is 5.77. The van der Waals surface area contributed by atoms with Crippen molar-refractivity contribution in [3.05, 3.63) is 53.1 Å². The summed E-state index contributed by atoms with van der Waals surface area (Å²) in [4.78, 5) is 1.99. The molecule has 2 aromatic carbocycles. The summed E-state index contributed by atoms with van der Waals surface area (Å²) in [5, 5.41) is 3.69. The maximum absolute atomic E-state index is 12.6. The van der Waals surface area contributed by atoms with Crippen LogP contribution < -0.4 is 14.8 Å². The van der Waals surface area contributed by atoms with Crippen LogP contribution >= 0.6 is 11.6 Å². The van der Waals surface area contributed by atoms with Crippen LogP contribution in [0.25, 0.3) is 0 Å². The van der Waals surface area contributed by atoms with E-state index in [1.807, 2.05) is 13.0 Å². The highest BCUT2D eigenvalue weighted by atomic mass is 35.5. The molecule has 0 saturated carbocycles. The van der Waals surface area contributed by atoms with Crippen LogP contribution in [0.5, 0.6) is 11.5 Å². The molecule has 1 atom stereocenters. The lowest BCUT2D eigenvalue weighted by Crippen LogP contribution is -2.37. The molecule has 0 aromatic heterocycles. The van der Waals surface area contributed by atoms with E-state index in [0.29, 0.717) is 18.3 Å². The molecule has 0 bridgehead atoms. The first-order valence-electron chi connectivity index (χ1n) is 9.28. The molecule has 1 fully saturated rings. The lowest BCUT2D eigenvalue weighted by molar-refractivity contribution is 0.177. The fourth-order valence-corrected chi connectivity index (χ4v) is 4.72. The van der Waals surface area contributed by atoms with Crippen LogP contribution in [-0.2, 0) is 10.1 Å². The van der Waals surface area contributed by atoms with Crippen molar-refractivity contribution in [3.63, 3.8) is 0 Å². The zero-order valence-corrected chi connectivity index (χ0v) is 17.7. The maximum Gasteiger partial charge on any atom is 0.340 e. The third-order valence-electron chi connectivity index (χ3n) is 4.60. The lowest BCUT2D eigenvalue weighted by atomic mass is 9.99. The molecule has 0 aliphatic carbocycles. The van der Waals surface area contributed by atoms with Crippen LogP contribution in [0.3, 0.4) is 0 Å². The van der Waals surface area contributed by atoms with E-state index in [-0.39, 0.29) is 15.7 Å². The van der Waals surface area contributed by atoms with E-state index in [1.54, 1.807) is 30.6 Å². The summed E-state index contributed by atoms with van der Waals surface area (Å²) in [6, 6.07) is 11.2. The van der Waals surface area contributed by atoms with Gasteiger partial charge in [-0.05, 0) is 49.6 Å². The molecule has 0 spiro atoms. The van der Waals surface area contributed by atoms with Crippen LogP contribution in [0.2, 0.25) is 5.02 Å². The van der Waals surface area contributed by atoms with Crippen molar-refractivity contribution in [1.29, 1.82) is 0 Å². The average Bonchev–Trinajstić information content (AvgIpc) is 2.66. The molecule has 3 rings (SSSR count). The van der Waals surface area contributed by atoms with Gasteiger partial charge in [-0.1, -0.05) is 23.7 Å². The molecule has 1 aliphatic heterocycles. The van der Waals surface area contributed by atoms with Crippen LogP contribution in [0.15, 0.2) is 52.5 Å². The zero-order valence-electron chi connectivity index (χ0n) is 16.1. The van der Waals surface area contributed by atoms with Gasteiger partial charge in [-0.15, -0.1) is 0 Å². The van der Waals surface area contributed by atoms with E-state index in [1.165, 1.54) is 12.1 Å². The summed E-state index contributed by atoms with van der Waals surface area (Å²) in [5.41, 5.74) is 0.826. The van der Waals surface area contributed by atoms with Crippen molar-refractivity contribution in [3.8, 4) is 11.5 Å². The quantitative estimate of drug-likeness (QED) is 0.234. The van der Waals surface area contributed by atoms with Crippen molar-refractivity contribution in [2.75, 3.05) is 19.7 Å². The van der Waals surface area contributed by atoms with Gasteiger partial charge in [0.1, 0.15) is 22.7 Å². The Balaban J connectivity index is 1.69. The Morgan fingerprint density at radius 2 is 2.03 bits per heavy atom. The maximum atomic E-state index is 12.6. The monoisotopic (exact) mass is 437 g/mol. The fourth-order valence-electron chi connectivity index (χ4n) is 3.31. The fraction of sp³-hybridized carbons (Fsp3) is 0.350. The van der Waals surface area contributed by atoms with E-state index >= 15 is 0 Å². The predicted octanol–water partition coefficient (Wildman–Crippen LogP) is 3.41. The number of piperidine rings is 1. The Bertz CT molecular complexity index is 981. The second-order valence-corrected chi connectivity index (χ2v) is 8.95. The number of nitrogens with zero attached hydrogens (tertiary/aromatic N) is 2. The molecular weight excluding hydrogens is 414 g/mol. The second-order valence-electron chi connectivity index (χ2n) is 7.03. The van der Waals surface area contributed by atoms with Crippen LogP contribution in [0, 0.1) is 12.8 Å². The summed E-state index contributed by atoms with van der Waals surface area (Å²) in [6.07, 6.45) is 3.73. The molecule has 0 radical (unpaired) electrons. The largest absolute Gasteiger partial charge is 0.493 e. The molecule has 7 nitrogen and oxygen atoms in total. The molecule has 1 saturated heterocycles. The first-order chi connectivity index (χ1) is 13.9. The summed E-state index contributed by atoms with van der Waals surface area (Å²) in [6.45, 7) is 4.10. The van der Waals surface area contributed by atoms with Gasteiger partial charge in [0.2, 0.25) is 0 Å². The summed E-state index contributed by atoms with van der Waals surface area (Å²) in [7, 11) is -4.05. The Labute approximate surface area is 176 Å². The number of hydrogen-bond donors (Lipinski definition) is 1. The van der Waals surface area contributed by atoms with Crippen molar-refractivity contribution < 1.29 is 17.3 Å². The van der Waals surface area contributed by atoms with Crippen LogP contribution in [0.1, 0.15) is 18.4 Å². The molecule has 2 aromatic rings. The van der Waals surface area contributed by atoms with Gasteiger partial charge < -0.3 is 19.7 Å². The molecular formula is C20H24ClN3O4S. The van der Waals surface area contributed by atoms with Crippen molar-refractivity contribution in [2.45, 2.75) is 24.7 Å². The van der Waals surface area contributed by atoms with Gasteiger partial charge in [0.05, 0.1) is 11.6 Å². The van der Waals surface area contributed by atoms with Gasteiger partial charge in [0.15, 0.2) is 0 Å². The molecule has 0 amide bonds. The van der Waals surface area contributed by atoms with Gasteiger partial charge in [0.25, 0.3) is 0 Å². The first kappa shape index (κ1) is 21.3. The molecule has 9 heteroatoms. The minimum atomic E-state index is -4.05. The number of likely N-dealkylation sites (tertiary alicyclic amines) is 1. The smallest absolute Gasteiger partial charge is 0.340 e. The Hall–Kier alpha value is -2.45. The number of hydrazone groups is 1. The predicted molar refractivity (Wildman–Crippen MR) is 113 cm³/mol. The number of benzene rings is 2. The van der Waals surface area contributed by atoms with Crippen LogP contribution in [0.4, 0.5) is 0 Å². The number of hydrogen-bond acceptors (Lipinski definition) is 6. The highest BCUT2D eigenvalue weighted by molar-refractivity contribution is 7.87. The summed E-state index contributed by atoms with van der Waals surface area (Å²) in [5.74, 6) is 6.30. The Kier molecular flexibility index (Phi) is 6.87. The van der Waals surface area contributed by atoms with E-state index in [2.05, 4.69) is 10.0 Å². The molecule has 2 N–H and O–H groups in total. The SMILES string of the molecule is Cc1cc(OCC2CCCN(C=NN)C2)cc(OS(=O)(=O)c2ccccc2Cl)c1. The van der Waals surface area contributed by atoms with Crippen LogP contribution in [-0.4, -0.2) is 39.4 Å². The van der Waals surface area contributed by atoms with Gasteiger partial charge in [0, 0.05) is 25.1 Å². The zero-order chi connectivity index (χ0) is 20.9. The molecule has 156 valence electrons. The van der Waals surface area contributed by atoms with Crippen molar-refractivity contribution >= 4 is 28.1 Å². The molecule has 29 heavy (non-hydrogen) atoms. The van der Waals surface area contributed by atoms with Gasteiger partial charge >= 0.3 is 10.1 Å². The molecule has 1 unspecified atom stereocenters. The van der Waals surface area contributed by atoms with E-state index < -0.39 is 10.1 Å². The third-order valence-corrected chi connectivity index (χ3v) is 6.35. The standard InChI is InChI=1S/C20H24ClN3O4S/c1-15-9-17(27-13-16-5-4-8-24(12-16)14-23-22)11-18(10-15)28-29(25,26)20-7-3-2-6-19(20)21/h2-3,6-7,9-11,14,16H,4-5,8,12-13,22H2,1H3. The molecule has 1 aliphatic rings. The normalized spacial score (nSPS) is 17.4. The highest BCUT2D eigenvalue weighted by Crippen LogP contribution is 2.29. The number of aryl methyl sites for hydroxylation is 1. The highest BCUT2D eigenvalue weighted by Gasteiger charge is 2.21. The first-order valence-corrected chi connectivity index (χ1v) is 11.1. The Morgan fingerprint density at radius 3 is 2.79 bits per heavy atom. The number of nitrogens with two attached hydrogens (primary N) is 1. The Morgan fingerprint density at radius 1 is 1.28 bits per heavy atom. The van der Waals surface area contributed by atoms with Gasteiger partial charge in [-0.2, -0.15) is 13.5 Å². The van der Waals surface area contributed by atoms with E-state index in [0.717, 1.165) is 31.5 Å². The molecule has 1 heterocycles. The van der Waals surface area contributed by atoms with E-state index in [9.17, 15) is 8.42 Å². The number of rotatable bonds is 7.